The number of hydrogen-bond acceptors (Lipinski definition) is 1. The fraction of sp³-hybridized carbons (Fsp3) is 0.385. The summed E-state index contributed by atoms with van der Waals surface area (Å²) in [6.45, 7) is 4.37. The normalized spacial score (nSPS) is 12.2. The van der Waals surface area contributed by atoms with Gasteiger partial charge in [0.1, 0.15) is 0 Å². The van der Waals surface area contributed by atoms with Crippen molar-refractivity contribution >= 4 is 10.9 Å². The summed E-state index contributed by atoms with van der Waals surface area (Å²) in [5, 5.41) is 10.5. The van der Waals surface area contributed by atoms with E-state index in [1.165, 1.54) is 16.5 Å². The lowest BCUT2D eigenvalue weighted by atomic mass is 9.86. The Hall–Kier alpha value is -1.28. The third-order valence-corrected chi connectivity index (χ3v) is 2.73. The van der Waals surface area contributed by atoms with Crippen LogP contribution in [0.4, 0.5) is 0 Å². The molecule has 0 aliphatic heterocycles. The van der Waals surface area contributed by atoms with Crippen LogP contribution in [0.5, 0.6) is 0 Å². The van der Waals surface area contributed by atoms with Gasteiger partial charge in [0.15, 0.2) is 0 Å². The predicted molar refractivity (Wildman–Crippen MR) is 62.9 cm³/mol. The number of aromatic amines is 1. The van der Waals surface area contributed by atoms with Crippen LogP contribution in [-0.2, 0) is 6.42 Å². The Bertz CT molecular complexity index is 456. The number of H-pyrrole nitrogens is 1. The molecule has 1 heterocycles. The molecule has 2 aromatic rings. The van der Waals surface area contributed by atoms with Gasteiger partial charge in [-0.2, -0.15) is 0 Å². The number of aliphatic hydroxyl groups is 1. The van der Waals surface area contributed by atoms with Gasteiger partial charge in [0.2, 0.25) is 0 Å². The summed E-state index contributed by atoms with van der Waals surface area (Å²) in [6.07, 6.45) is 2.85. The van der Waals surface area contributed by atoms with Crippen LogP contribution < -0.4 is 0 Å². The molecule has 0 spiro atoms. The topological polar surface area (TPSA) is 36.0 Å². The van der Waals surface area contributed by atoms with E-state index in [-0.39, 0.29) is 12.0 Å². The minimum Gasteiger partial charge on any atom is -0.396 e. The number of nitrogens with one attached hydrogen (secondary N) is 1. The second-order valence-electron chi connectivity index (χ2n) is 4.90. The van der Waals surface area contributed by atoms with E-state index in [1.807, 2.05) is 6.20 Å². The fourth-order valence-corrected chi connectivity index (χ4v) is 1.81. The SMILES string of the molecule is CC(C)(CO)Cc1ccc2cc[nH]c2c1. The highest BCUT2D eigenvalue weighted by molar-refractivity contribution is 5.79. The van der Waals surface area contributed by atoms with Crippen molar-refractivity contribution in [3.8, 4) is 0 Å². The fourth-order valence-electron chi connectivity index (χ4n) is 1.81. The zero-order valence-electron chi connectivity index (χ0n) is 9.25. The number of benzene rings is 1. The molecule has 1 aromatic heterocycles. The molecule has 80 valence electrons. The second kappa shape index (κ2) is 3.70. The van der Waals surface area contributed by atoms with E-state index in [0.717, 1.165) is 6.42 Å². The third kappa shape index (κ3) is 2.21. The lowest BCUT2D eigenvalue weighted by molar-refractivity contribution is 0.159. The minimum atomic E-state index is -0.0414. The Morgan fingerprint density at radius 3 is 2.80 bits per heavy atom. The Kier molecular flexibility index (Phi) is 2.53. The zero-order chi connectivity index (χ0) is 10.9. The van der Waals surface area contributed by atoms with Crippen LogP contribution in [-0.4, -0.2) is 16.7 Å². The first kappa shape index (κ1) is 10.2. The largest absolute Gasteiger partial charge is 0.396 e. The lowest BCUT2D eigenvalue weighted by Crippen LogP contribution is -2.19. The number of rotatable bonds is 3. The van der Waals surface area contributed by atoms with Gasteiger partial charge in [-0.1, -0.05) is 26.0 Å². The van der Waals surface area contributed by atoms with E-state index >= 15 is 0 Å². The van der Waals surface area contributed by atoms with Crippen molar-refractivity contribution in [2.75, 3.05) is 6.61 Å². The van der Waals surface area contributed by atoms with Gasteiger partial charge in [-0.15, -0.1) is 0 Å². The molecule has 2 N–H and O–H groups in total. The van der Waals surface area contributed by atoms with Gasteiger partial charge in [0.05, 0.1) is 0 Å². The van der Waals surface area contributed by atoms with E-state index in [2.05, 4.69) is 43.1 Å². The van der Waals surface area contributed by atoms with Gasteiger partial charge in [-0.25, -0.2) is 0 Å². The lowest BCUT2D eigenvalue weighted by Gasteiger charge is -2.21. The summed E-state index contributed by atoms with van der Waals surface area (Å²) < 4.78 is 0. The average molecular weight is 203 g/mol. The molecule has 0 radical (unpaired) electrons. The number of aromatic nitrogens is 1. The van der Waals surface area contributed by atoms with Crippen LogP contribution in [0.25, 0.3) is 10.9 Å². The molecule has 2 heteroatoms. The van der Waals surface area contributed by atoms with Gasteiger partial charge in [0, 0.05) is 18.3 Å². The standard InChI is InChI=1S/C13H17NO/c1-13(2,9-15)8-10-3-4-11-5-6-14-12(11)7-10/h3-7,14-15H,8-9H2,1-2H3. The highest BCUT2D eigenvalue weighted by Crippen LogP contribution is 2.23. The quantitative estimate of drug-likeness (QED) is 0.790. The predicted octanol–water partition coefficient (Wildman–Crippen LogP) is 2.73. The highest BCUT2D eigenvalue weighted by atomic mass is 16.3. The second-order valence-corrected chi connectivity index (χ2v) is 4.90. The van der Waals surface area contributed by atoms with E-state index < -0.39 is 0 Å². The van der Waals surface area contributed by atoms with Crippen LogP contribution in [0.15, 0.2) is 30.5 Å². The molecule has 0 aliphatic rings. The van der Waals surface area contributed by atoms with E-state index in [4.69, 9.17) is 0 Å². The maximum absolute atomic E-state index is 9.22. The van der Waals surface area contributed by atoms with Crippen LogP contribution in [0.1, 0.15) is 19.4 Å². The smallest absolute Gasteiger partial charge is 0.0485 e. The molecule has 0 saturated carbocycles. The zero-order valence-corrected chi connectivity index (χ0v) is 9.25. The van der Waals surface area contributed by atoms with E-state index in [1.54, 1.807) is 0 Å². The summed E-state index contributed by atoms with van der Waals surface area (Å²) in [6, 6.07) is 8.48. The number of aliphatic hydroxyl groups excluding tert-OH is 1. The van der Waals surface area contributed by atoms with Gasteiger partial charge >= 0.3 is 0 Å². The van der Waals surface area contributed by atoms with Crippen LogP contribution in [0.3, 0.4) is 0 Å². The van der Waals surface area contributed by atoms with Crippen molar-refractivity contribution in [3.63, 3.8) is 0 Å². The molecule has 0 bridgehead atoms. The van der Waals surface area contributed by atoms with Crippen molar-refractivity contribution in [3.05, 3.63) is 36.0 Å². The summed E-state index contributed by atoms with van der Waals surface area (Å²) in [5.74, 6) is 0. The molecule has 0 fully saturated rings. The first-order valence-corrected chi connectivity index (χ1v) is 5.28. The van der Waals surface area contributed by atoms with Gasteiger partial charge in [0.25, 0.3) is 0 Å². The molecule has 0 saturated heterocycles. The Morgan fingerprint density at radius 2 is 2.07 bits per heavy atom. The molecule has 2 rings (SSSR count). The Balaban J connectivity index is 2.28. The van der Waals surface area contributed by atoms with Crippen molar-refractivity contribution in [2.45, 2.75) is 20.3 Å². The molecule has 15 heavy (non-hydrogen) atoms. The van der Waals surface area contributed by atoms with Gasteiger partial charge in [-0.05, 0) is 34.9 Å². The van der Waals surface area contributed by atoms with Crippen molar-refractivity contribution in [2.24, 2.45) is 5.41 Å². The Labute approximate surface area is 89.9 Å². The van der Waals surface area contributed by atoms with Gasteiger partial charge < -0.3 is 10.1 Å². The van der Waals surface area contributed by atoms with Crippen LogP contribution >= 0.6 is 0 Å². The summed E-state index contributed by atoms with van der Waals surface area (Å²) in [5.41, 5.74) is 2.39. The average Bonchev–Trinajstić information content (AvgIpc) is 2.64. The first-order chi connectivity index (χ1) is 7.11. The molecule has 2 nitrogen and oxygen atoms in total. The number of fused-ring (bicyclic) bond motifs is 1. The number of hydrogen-bond donors (Lipinski definition) is 2. The maximum Gasteiger partial charge on any atom is 0.0485 e. The molecule has 0 unspecified atom stereocenters. The third-order valence-electron chi connectivity index (χ3n) is 2.73. The maximum atomic E-state index is 9.22. The molecular formula is C13H17NO. The molecule has 0 atom stereocenters. The van der Waals surface area contributed by atoms with Gasteiger partial charge in [-0.3, -0.25) is 0 Å². The Morgan fingerprint density at radius 1 is 1.27 bits per heavy atom. The first-order valence-electron chi connectivity index (χ1n) is 5.28. The summed E-state index contributed by atoms with van der Waals surface area (Å²) >= 11 is 0. The minimum absolute atomic E-state index is 0.0414. The monoisotopic (exact) mass is 203 g/mol. The summed E-state index contributed by atoms with van der Waals surface area (Å²) in [7, 11) is 0. The highest BCUT2D eigenvalue weighted by Gasteiger charge is 2.17. The van der Waals surface area contributed by atoms with Crippen molar-refractivity contribution in [1.29, 1.82) is 0 Å². The van der Waals surface area contributed by atoms with E-state index in [0.29, 0.717) is 0 Å². The summed E-state index contributed by atoms with van der Waals surface area (Å²) in [4.78, 5) is 3.20. The van der Waals surface area contributed by atoms with Crippen LogP contribution in [0.2, 0.25) is 0 Å². The molecular weight excluding hydrogens is 186 g/mol. The van der Waals surface area contributed by atoms with Crippen LogP contribution in [0, 0.1) is 5.41 Å². The van der Waals surface area contributed by atoms with Crippen molar-refractivity contribution < 1.29 is 5.11 Å². The van der Waals surface area contributed by atoms with Crippen molar-refractivity contribution in [1.82, 2.24) is 4.98 Å². The molecule has 0 amide bonds. The van der Waals surface area contributed by atoms with E-state index in [9.17, 15) is 5.11 Å². The molecule has 1 aromatic carbocycles. The molecule has 0 aliphatic carbocycles.